The van der Waals surface area contributed by atoms with Gasteiger partial charge in [-0.25, -0.2) is 0 Å². The highest BCUT2D eigenvalue weighted by Crippen LogP contribution is 2.44. The Labute approximate surface area is 178 Å². The zero-order chi connectivity index (χ0) is 23.9. The standard InChI is InChI=1S/C20H24N4O7/c1-19(2,3)13-7-11(8-14(18(13)25)20(4,5)6)21-17-15(23(28)29)9-12(22(26)27)10-16(17)24(30)31/h7-10,21,25H,1-6H3. The fourth-order valence-corrected chi connectivity index (χ4v) is 3.11. The molecule has 11 nitrogen and oxygen atoms in total. The van der Waals surface area contributed by atoms with Crippen LogP contribution in [0.3, 0.4) is 0 Å². The first-order chi connectivity index (χ1) is 14.0. The monoisotopic (exact) mass is 432 g/mol. The number of hydrogen-bond acceptors (Lipinski definition) is 8. The Morgan fingerprint density at radius 3 is 1.42 bits per heavy atom. The number of phenols is 1. The van der Waals surface area contributed by atoms with E-state index in [0.29, 0.717) is 23.3 Å². The second kappa shape index (κ2) is 7.82. The number of aromatic hydroxyl groups is 1. The Hall–Kier alpha value is -3.76. The highest BCUT2D eigenvalue weighted by atomic mass is 16.6. The molecule has 0 heterocycles. The van der Waals surface area contributed by atoms with Crippen molar-refractivity contribution >= 4 is 28.4 Å². The molecule has 2 aromatic carbocycles. The molecule has 0 atom stereocenters. The van der Waals surface area contributed by atoms with Gasteiger partial charge in [-0.05, 0) is 23.0 Å². The summed E-state index contributed by atoms with van der Waals surface area (Å²) in [6, 6.07) is 4.45. The molecule has 0 aliphatic rings. The number of nitrogens with one attached hydrogen (secondary N) is 1. The lowest BCUT2D eigenvalue weighted by molar-refractivity contribution is -0.401. The minimum Gasteiger partial charge on any atom is -0.507 e. The molecule has 31 heavy (non-hydrogen) atoms. The summed E-state index contributed by atoms with van der Waals surface area (Å²) >= 11 is 0. The fraction of sp³-hybridized carbons (Fsp3) is 0.400. The van der Waals surface area contributed by atoms with Gasteiger partial charge in [0.05, 0.1) is 26.9 Å². The van der Waals surface area contributed by atoms with E-state index in [2.05, 4.69) is 5.32 Å². The summed E-state index contributed by atoms with van der Waals surface area (Å²) in [5.41, 5.74) is -2.51. The van der Waals surface area contributed by atoms with Gasteiger partial charge in [-0.1, -0.05) is 41.5 Å². The average Bonchev–Trinajstić information content (AvgIpc) is 2.60. The molecule has 166 valence electrons. The first-order valence-electron chi connectivity index (χ1n) is 9.30. The van der Waals surface area contributed by atoms with Crippen LogP contribution in [0.15, 0.2) is 24.3 Å². The van der Waals surface area contributed by atoms with Crippen LogP contribution in [-0.4, -0.2) is 19.9 Å². The van der Waals surface area contributed by atoms with Crippen molar-refractivity contribution < 1.29 is 19.9 Å². The molecule has 0 aromatic heterocycles. The van der Waals surface area contributed by atoms with Gasteiger partial charge in [-0.3, -0.25) is 30.3 Å². The molecule has 11 heteroatoms. The molecule has 0 fully saturated rings. The van der Waals surface area contributed by atoms with Crippen molar-refractivity contribution in [2.24, 2.45) is 0 Å². The molecule has 0 radical (unpaired) electrons. The number of nitro benzene ring substituents is 3. The first-order valence-corrected chi connectivity index (χ1v) is 9.30. The van der Waals surface area contributed by atoms with Crippen LogP contribution in [0.25, 0.3) is 0 Å². The second-order valence-electron chi connectivity index (χ2n) is 9.18. The Kier molecular flexibility index (Phi) is 5.93. The van der Waals surface area contributed by atoms with Gasteiger partial charge in [0.25, 0.3) is 5.69 Å². The summed E-state index contributed by atoms with van der Waals surface area (Å²) < 4.78 is 0. The lowest BCUT2D eigenvalue weighted by Gasteiger charge is -2.28. The van der Waals surface area contributed by atoms with Crippen LogP contribution in [0.1, 0.15) is 52.7 Å². The first kappa shape index (κ1) is 23.5. The van der Waals surface area contributed by atoms with Crippen molar-refractivity contribution in [1.82, 2.24) is 0 Å². The zero-order valence-corrected chi connectivity index (χ0v) is 18.0. The molecule has 2 N–H and O–H groups in total. The lowest BCUT2D eigenvalue weighted by atomic mass is 9.79. The van der Waals surface area contributed by atoms with Gasteiger partial charge >= 0.3 is 11.4 Å². The Balaban J connectivity index is 2.83. The average molecular weight is 432 g/mol. The van der Waals surface area contributed by atoms with Crippen LogP contribution in [0, 0.1) is 30.3 Å². The number of rotatable bonds is 5. The topological polar surface area (TPSA) is 162 Å². The third kappa shape index (κ3) is 4.87. The van der Waals surface area contributed by atoms with E-state index in [1.165, 1.54) is 0 Å². The zero-order valence-electron chi connectivity index (χ0n) is 18.0. The number of nitro groups is 3. The molecule has 0 aliphatic carbocycles. The Bertz CT molecular complexity index is 1010. The van der Waals surface area contributed by atoms with Crippen LogP contribution in [-0.2, 0) is 10.8 Å². The molecule has 0 saturated carbocycles. The van der Waals surface area contributed by atoms with E-state index in [1.54, 1.807) is 12.1 Å². The van der Waals surface area contributed by atoms with Crippen molar-refractivity contribution in [2.75, 3.05) is 5.32 Å². The van der Waals surface area contributed by atoms with Gasteiger partial charge in [0.1, 0.15) is 5.75 Å². The fourth-order valence-electron chi connectivity index (χ4n) is 3.11. The van der Waals surface area contributed by atoms with Crippen LogP contribution in [0.4, 0.5) is 28.4 Å². The summed E-state index contributed by atoms with van der Waals surface area (Å²) in [7, 11) is 0. The van der Waals surface area contributed by atoms with Crippen molar-refractivity contribution in [3.8, 4) is 5.75 Å². The summed E-state index contributed by atoms with van der Waals surface area (Å²) in [6.07, 6.45) is 0. The highest BCUT2D eigenvalue weighted by Gasteiger charge is 2.32. The van der Waals surface area contributed by atoms with Crippen molar-refractivity contribution in [3.63, 3.8) is 0 Å². The molecule has 0 bridgehead atoms. The molecule has 0 amide bonds. The van der Waals surface area contributed by atoms with Crippen molar-refractivity contribution in [3.05, 3.63) is 65.7 Å². The molecule has 0 spiro atoms. The number of phenolic OH excluding ortho intramolecular Hbond substituents is 1. The maximum absolute atomic E-state index is 11.5. The van der Waals surface area contributed by atoms with E-state index in [4.69, 9.17) is 0 Å². The van der Waals surface area contributed by atoms with Gasteiger partial charge in [-0.15, -0.1) is 0 Å². The van der Waals surface area contributed by atoms with E-state index in [-0.39, 0.29) is 11.4 Å². The van der Waals surface area contributed by atoms with Crippen LogP contribution in [0.5, 0.6) is 5.75 Å². The molecular formula is C20H24N4O7. The lowest BCUT2D eigenvalue weighted by Crippen LogP contribution is -2.17. The molecule has 2 rings (SSSR count). The van der Waals surface area contributed by atoms with Gasteiger partial charge in [0.15, 0.2) is 5.69 Å². The van der Waals surface area contributed by atoms with Crippen molar-refractivity contribution in [2.45, 2.75) is 52.4 Å². The van der Waals surface area contributed by atoms with Gasteiger partial charge in [0.2, 0.25) is 0 Å². The van der Waals surface area contributed by atoms with Crippen LogP contribution < -0.4 is 5.32 Å². The number of hydrogen-bond donors (Lipinski definition) is 2. The SMILES string of the molecule is CC(C)(C)c1cc(Nc2c([N+](=O)[O-])cc([N+](=O)[O-])cc2[N+](=O)[O-])cc(C(C)(C)C)c1O. The predicted octanol–water partition coefficient (Wildman–Crippen LogP) is 5.46. The third-order valence-corrected chi connectivity index (χ3v) is 4.68. The maximum Gasteiger partial charge on any atom is 0.306 e. The number of non-ortho nitro benzene ring substituents is 1. The summed E-state index contributed by atoms with van der Waals surface area (Å²) in [5, 5.41) is 47.7. The third-order valence-electron chi connectivity index (χ3n) is 4.68. The summed E-state index contributed by atoms with van der Waals surface area (Å²) in [6.45, 7) is 11.2. The van der Waals surface area contributed by atoms with E-state index in [9.17, 15) is 35.4 Å². The Morgan fingerprint density at radius 1 is 0.742 bits per heavy atom. The van der Waals surface area contributed by atoms with Crippen molar-refractivity contribution in [1.29, 1.82) is 0 Å². The highest BCUT2D eigenvalue weighted by molar-refractivity contribution is 5.82. The van der Waals surface area contributed by atoms with E-state index in [0.717, 1.165) is 0 Å². The summed E-state index contributed by atoms with van der Waals surface area (Å²) in [5.74, 6) is 0.0678. The maximum atomic E-state index is 11.5. The van der Waals surface area contributed by atoms with E-state index < -0.39 is 48.3 Å². The predicted molar refractivity (Wildman–Crippen MR) is 115 cm³/mol. The molecule has 0 saturated heterocycles. The number of anilines is 2. The largest absolute Gasteiger partial charge is 0.507 e. The van der Waals surface area contributed by atoms with Gasteiger partial charge < -0.3 is 10.4 Å². The second-order valence-corrected chi connectivity index (χ2v) is 9.18. The van der Waals surface area contributed by atoms with Gasteiger partial charge in [0, 0.05) is 16.8 Å². The molecular weight excluding hydrogens is 408 g/mol. The smallest absolute Gasteiger partial charge is 0.306 e. The minimum atomic E-state index is -0.931. The minimum absolute atomic E-state index is 0.0678. The number of benzene rings is 2. The Morgan fingerprint density at radius 2 is 1.13 bits per heavy atom. The summed E-state index contributed by atoms with van der Waals surface area (Å²) in [4.78, 5) is 31.4. The van der Waals surface area contributed by atoms with E-state index in [1.807, 2.05) is 41.5 Å². The molecule has 0 unspecified atom stereocenters. The van der Waals surface area contributed by atoms with Gasteiger partial charge in [-0.2, -0.15) is 0 Å². The van der Waals surface area contributed by atoms with Crippen LogP contribution in [0.2, 0.25) is 0 Å². The molecule has 2 aromatic rings. The normalized spacial score (nSPS) is 11.8. The molecule has 0 aliphatic heterocycles. The number of nitrogens with zero attached hydrogens (tertiary/aromatic N) is 3. The van der Waals surface area contributed by atoms with E-state index >= 15 is 0 Å². The van der Waals surface area contributed by atoms with Crippen LogP contribution >= 0.6 is 0 Å². The quantitative estimate of drug-likeness (QED) is 0.358.